The van der Waals surface area contributed by atoms with Gasteiger partial charge in [-0.25, -0.2) is 0 Å². The molecule has 0 aliphatic rings. The summed E-state index contributed by atoms with van der Waals surface area (Å²) < 4.78 is 11.8. The molecular formula is C56H112N2O4. The van der Waals surface area contributed by atoms with Crippen LogP contribution in [0.15, 0.2) is 0 Å². The molecular weight excluding hydrogens is 765 g/mol. The Morgan fingerprint density at radius 2 is 0.613 bits per heavy atom. The molecule has 0 aliphatic heterocycles. The van der Waals surface area contributed by atoms with Crippen molar-refractivity contribution in [2.75, 3.05) is 52.5 Å². The van der Waals surface area contributed by atoms with E-state index in [1.54, 1.807) is 0 Å². The van der Waals surface area contributed by atoms with Gasteiger partial charge in [0.05, 0.1) is 25.0 Å². The summed E-state index contributed by atoms with van der Waals surface area (Å²) in [7, 11) is 0. The molecule has 0 aromatic rings. The van der Waals surface area contributed by atoms with E-state index >= 15 is 0 Å². The van der Waals surface area contributed by atoms with Crippen molar-refractivity contribution in [3.63, 3.8) is 0 Å². The summed E-state index contributed by atoms with van der Waals surface area (Å²) >= 11 is 0. The molecule has 0 saturated heterocycles. The number of esters is 2. The molecule has 0 aromatic carbocycles. The van der Waals surface area contributed by atoms with E-state index in [1.165, 1.54) is 193 Å². The third-order valence-corrected chi connectivity index (χ3v) is 13.7. The zero-order valence-corrected chi connectivity index (χ0v) is 43.5. The summed E-state index contributed by atoms with van der Waals surface area (Å²) in [5.74, 6) is 1.28. The molecule has 0 saturated carbocycles. The average molecular weight is 878 g/mol. The fourth-order valence-electron chi connectivity index (χ4n) is 9.17. The molecule has 0 spiro atoms. The van der Waals surface area contributed by atoms with Gasteiger partial charge in [0, 0.05) is 0 Å². The van der Waals surface area contributed by atoms with Crippen LogP contribution in [-0.2, 0) is 19.1 Å². The van der Waals surface area contributed by atoms with Crippen molar-refractivity contribution in [1.82, 2.24) is 9.80 Å². The maximum absolute atomic E-state index is 13.0. The topological polar surface area (TPSA) is 59.1 Å². The summed E-state index contributed by atoms with van der Waals surface area (Å²) in [6, 6.07) is 0. The molecule has 3 atom stereocenters. The Kier molecular flexibility index (Phi) is 45.5. The highest BCUT2D eigenvalue weighted by molar-refractivity contribution is 5.72. The predicted octanol–water partition coefficient (Wildman–Crippen LogP) is 16.6. The highest BCUT2D eigenvalue weighted by Gasteiger charge is 2.21. The van der Waals surface area contributed by atoms with Gasteiger partial charge in [0.25, 0.3) is 0 Å². The number of carbonyl (C=O) groups is 2. The van der Waals surface area contributed by atoms with Gasteiger partial charge in [-0.3, -0.25) is 9.59 Å². The molecule has 6 heteroatoms. The van der Waals surface area contributed by atoms with Crippen molar-refractivity contribution in [2.24, 2.45) is 23.7 Å². The van der Waals surface area contributed by atoms with Crippen molar-refractivity contribution in [3.05, 3.63) is 0 Å². The van der Waals surface area contributed by atoms with Crippen molar-refractivity contribution in [3.8, 4) is 0 Å². The van der Waals surface area contributed by atoms with E-state index in [-0.39, 0.29) is 23.8 Å². The van der Waals surface area contributed by atoms with Crippen LogP contribution in [-0.4, -0.2) is 74.2 Å². The molecule has 0 aliphatic carbocycles. The molecule has 62 heavy (non-hydrogen) atoms. The molecule has 0 N–H and O–H groups in total. The quantitative estimate of drug-likeness (QED) is 0.0448. The van der Waals surface area contributed by atoms with E-state index in [1.807, 2.05) is 0 Å². The fourth-order valence-corrected chi connectivity index (χ4v) is 9.17. The molecule has 0 fully saturated rings. The SMILES string of the molecule is CCCCCCCC(CCCCC)C(=O)OCC(C)CCCCCCCCN(CCCCCCCC(C)COC(=O)C(CCCCCC)CCCCCC)CCCN(CC)CC. The third-order valence-electron chi connectivity index (χ3n) is 13.7. The zero-order valence-electron chi connectivity index (χ0n) is 43.5. The van der Waals surface area contributed by atoms with Gasteiger partial charge in [0.2, 0.25) is 0 Å². The molecule has 0 rings (SSSR count). The van der Waals surface area contributed by atoms with E-state index in [0.29, 0.717) is 25.0 Å². The molecule has 0 bridgehead atoms. The first kappa shape index (κ1) is 60.9. The largest absolute Gasteiger partial charge is 0.465 e. The minimum atomic E-state index is 0.0764. The smallest absolute Gasteiger partial charge is 0.308 e. The van der Waals surface area contributed by atoms with Crippen molar-refractivity contribution in [2.45, 2.75) is 274 Å². The van der Waals surface area contributed by atoms with Crippen LogP contribution in [0.2, 0.25) is 0 Å². The van der Waals surface area contributed by atoms with Gasteiger partial charge < -0.3 is 19.3 Å². The second kappa shape index (κ2) is 46.4. The third kappa shape index (κ3) is 38.2. The van der Waals surface area contributed by atoms with E-state index in [4.69, 9.17) is 9.47 Å². The maximum atomic E-state index is 13.0. The molecule has 370 valence electrons. The Hall–Kier alpha value is -1.14. The van der Waals surface area contributed by atoms with Gasteiger partial charge in [0.1, 0.15) is 0 Å². The summed E-state index contributed by atoms with van der Waals surface area (Å²) in [5, 5.41) is 0. The van der Waals surface area contributed by atoms with E-state index in [2.05, 4.69) is 65.2 Å². The molecule has 0 amide bonds. The molecule has 0 heterocycles. The van der Waals surface area contributed by atoms with Gasteiger partial charge in [-0.1, -0.05) is 216 Å². The van der Waals surface area contributed by atoms with Crippen molar-refractivity contribution >= 4 is 11.9 Å². The lowest BCUT2D eigenvalue weighted by atomic mass is 9.94. The summed E-state index contributed by atoms with van der Waals surface area (Å²) in [4.78, 5) is 31.4. The minimum absolute atomic E-state index is 0.0764. The normalized spacial score (nSPS) is 13.3. The Labute approximate surface area is 389 Å². The first-order chi connectivity index (χ1) is 30.3. The maximum Gasteiger partial charge on any atom is 0.308 e. The van der Waals surface area contributed by atoms with Crippen LogP contribution in [0.4, 0.5) is 0 Å². The Bertz CT molecular complexity index is 929. The molecule has 0 aromatic heterocycles. The number of unbranched alkanes of at least 4 members (excludes halogenated alkanes) is 21. The molecule has 3 unspecified atom stereocenters. The first-order valence-electron chi connectivity index (χ1n) is 28.0. The van der Waals surface area contributed by atoms with E-state index < -0.39 is 0 Å². The van der Waals surface area contributed by atoms with Gasteiger partial charge in [0.15, 0.2) is 0 Å². The second-order valence-corrected chi connectivity index (χ2v) is 20.0. The summed E-state index contributed by atoms with van der Waals surface area (Å²) in [6.07, 6.45) is 41.7. The van der Waals surface area contributed by atoms with Gasteiger partial charge >= 0.3 is 11.9 Å². The summed E-state index contributed by atoms with van der Waals surface area (Å²) in [5.41, 5.74) is 0. The molecule has 0 radical (unpaired) electrons. The van der Waals surface area contributed by atoms with E-state index in [0.717, 1.165) is 64.5 Å². The highest BCUT2D eigenvalue weighted by atomic mass is 16.5. The van der Waals surface area contributed by atoms with Gasteiger partial charge in [-0.05, 0) is 109 Å². The van der Waals surface area contributed by atoms with Crippen molar-refractivity contribution < 1.29 is 19.1 Å². The highest BCUT2D eigenvalue weighted by Crippen LogP contribution is 2.23. The fraction of sp³-hybridized carbons (Fsp3) is 0.964. The number of nitrogens with zero attached hydrogens (tertiary/aromatic N) is 2. The van der Waals surface area contributed by atoms with Crippen molar-refractivity contribution in [1.29, 1.82) is 0 Å². The van der Waals surface area contributed by atoms with Crippen LogP contribution < -0.4 is 0 Å². The lowest BCUT2D eigenvalue weighted by Crippen LogP contribution is -2.31. The standard InChI is InChI=1S/C56H112N2O4/c1-9-15-19-25-35-44-53(41-30-18-12-4)55(59)61-49-51(7)39-31-26-22-23-28-36-45-58(48-38-47-57(13-5)14-6)46-37-29-24-27-32-40-52(8)50-62-56(60)54(42-33-20-16-10-2)43-34-21-17-11-3/h51-54H,9-50H2,1-8H3. The van der Waals surface area contributed by atoms with Gasteiger partial charge in [-0.2, -0.15) is 0 Å². The summed E-state index contributed by atoms with van der Waals surface area (Å²) in [6.45, 7) is 26.5. The number of ether oxygens (including phenoxy) is 2. The Morgan fingerprint density at radius 3 is 1.00 bits per heavy atom. The monoisotopic (exact) mass is 877 g/mol. The number of rotatable bonds is 49. The zero-order chi connectivity index (χ0) is 45.7. The Balaban J connectivity index is 4.41. The van der Waals surface area contributed by atoms with E-state index in [9.17, 15) is 9.59 Å². The van der Waals surface area contributed by atoms with Crippen LogP contribution in [0.1, 0.15) is 274 Å². The van der Waals surface area contributed by atoms with Crippen LogP contribution in [0.5, 0.6) is 0 Å². The second-order valence-electron chi connectivity index (χ2n) is 20.0. The average Bonchev–Trinajstić information content (AvgIpc) is 3.27. The minimum Gasteiger partial charge on any atom is -0.465 e. The van der Waals surface area contributed by atoms with Crippen LogP contribution in [0.3, 0.4) is 0 Å². The Morgan fingerprint density at radius 1 is 0.339 bits per heavy atom. The number of hydrogen-bond donors (Lipinski definition) is 0. The van der Waals surface area contributed by atoms with Crippen LogP contribution >= 0.6 is 0 Å². The first-order valence-corrected chi connectivity index (χ1v) is 28.0. The lowest BCUT2D eigenvalue weighted by molar-refractivity contribution is -0.151. The van der Waals surface area contributed by atoms with Crippen LogP contribution in [0, 0.1) is 23.7 Å². The molecule has 6 nitrogen and oxygen atoms in total. The van der Waals surface area contributed by atoms with Gasteiger partial charge in [-0.15, -0.1) is 0 Å². The predicted molar refractivity (Wildman–Crippen MR) is 271 cm³/mol. The lowest BCUT2D eigenvalue weighted by Gasteiger charge is -2.24. The number of carbonyl (C=O) groups excluding carboxylic acids is 2. The number of hydrogen-bond acceptors (Lipinski definition) is 6. The van der Waals surface area contributed by atoms with Crippen LogP contribution in [0.25, 0.3) is 0 Å².